The number of carbonyl (C=O) groups is 4. The van der Waals surface area contributed by atoms with E-state index in [9.17, 15) is 19.2 Å². The lowest BCUT2D eigenvalue weighted by Gasteiger charge is -2.10. The van der Waals surface area contributed by atoms with E-state index in [4.69, 9.17) is 10.2 Å². The summed E-state index contributed by atoms with van der Waals surface area (Å²) >= 11 is 1.25. The molecular weight excluding hydrogens is 396 g/mol. The van der Waals surface area contributed by atoms with E-state index in [0.29, 0.717) is 11.4 Å². The number of benzene rings is 2. The molecule has 0 radical (unpaired) electrons. The first-order valence-corrected chi connectivity index (χ1v) is 9.61. The van der Waals surface area contributed by atoms with Gasteiger partial charge in [0.25, 0.3) is 0 Å². The Labute approximate surface area is 171 Å². The largest absolute Gasteiger partial charge is 0.481 e. The van der Waals surface area contributed by atoms with E-state index >= 15 is 0 Å². The molecule has 0 fully saturated rings. The Morgan fingerprint density at radius 3 is 2.38 bits per heavy atom. The Hall–Kier alpha value is -3.33. The predicted octanol–water partition coefficient (Wildman–Crippen LogP) is 3.23. The molecule has 2 rings (SSSR count). The van der Waals surface area contributed by atoms with E-state index in [1.165, 1.54) is 23.9 Å². The number of amides is 2. The molecule has 2 aromatic carbocycles. The maximum atomic E-state index is 12.2. The van der Waals surface area contributed by atoms with E-state index in [0.717, 1.165) is 10.5 Å². The van der Waals surface area contributed by atoms with Gasteiger partial charge in [-0.3, -0.25) is 14.4 Å². The maximum Gasteiger partial charge on any atom is 0.335 e. The average molecular weight is 416 g/mol. The van der Waals surface area contributed by atoms with E-state index in [1.807, 2.05) is 0 Å². The van der Waals surface area contributed by atoms with Crippen LogP contribution >= 0.6 is 11.8 Å². The topological polar surface area (TPSA) is 133 Å². The van der Waals surface area contributed by atoms with Crippen molar-refractivity contribution in [3.05, 3.63) is 53.6 Å². The van der Waals surface area contributed by atoms with Gasteiger partial charge in [-0.15, -0.1) is 11.8 Å². The summed E-state index contributed by atoms with van der Waals surface area (Å²) in [6, 6.07) is 11.4. The number of nitrogens with one attached hydrogen (secondary N) is 2. The molecule has 0 bridgehead atoms. The van der Waals surface area contributed by atoms with Crippen LogP contribution in [0.25, 0.3) is 0 Å². The van der Waals surface area contributed by atoms with Crippen molar-refractivity contribution in [1.29, 1.82) is 0 Å². The van der Waals surface area contributed by atoms with Crippen molar-refractivity contribution >= 4 is 46.9 Å². The van der Waals surface area contributed by atoms with Crippen LogP contribution in [0, 0.1) is 6.92 Å². The molecule has 0 aromatic heterocycles. The first-order valence-electron chi connectivity index (χ1n) is 8.63. The zero-order valence-corrected chi connectivity index (χ0v) is 16.4. The summed E-state index contributed by atoms with van der Waals surface area (Å²) in [5.74, 6) is -2.72. The summed E-state index contributed by atoms with van der Waals surface area (Å²) in [6.45, 7) is 1.77. The van der Waals surface area contributed by atoms with E-state index in [2.05, 4.69) is 10.6 Å². The normalized spacial score (nSPS) is 10.2. The van der Waals surface area contributed by atoms with Crippen LogP contribution in [0.15, 0.2) is 47.4 Å². The molecular formula is C20H20N2O6S. The summed E-state index contributed by atoms with van der Waals surface area (Å²) in [5.41, 5.74) is 1.79. The molecule has 0 heterocycles. The summed E-state index contributed by atoms with van der Waals surface area (Å²) in [6.07, 6.45) is -0.368. The summed E-state index contributed by atoms with van der Waals surface area (Å²) < 4.78 is 0. The molecule has 9 heteroatoms. The summed E-state index contributed by atoms with van der Waals surface area (Å²) in [5, 5.41) is 23.0. The molecule has 4 N–H and O–H groups in total. The minimum atomic E-state index is -1.07. The molecule has 0 saturated heterocycles. The highest BCUT2D eigenvalue weighted by Crippen LogP contribution is 2.23. The number of carboxylic acids is 2. The Kier molecular flexibility index (Phi) is 7.79. The highest BCUT2D eigenvalue weighted by Gasteiger charge is 2.10. The van der Waals surface area contributed by atoms with Gasteiger partial charge in [0.2, 0.25) is 11.8 Å². The molecule has 29 heavy (non-hydrogen) atoms. The van der Waals surface area contributed by atoms with Crippen LogP contribution < -0.4 is 10.6 Å². The van der Waals surface area contributed by atoms with Crippen LogP contribution in [0.3, 0.4) is 0 Å². The van der Waals surface area contributed by atoms with Gasteiger partial charge in [-0.25, -0.2) is 4.79 Å². The number of hydrogen-bond acceptors (Lipinski definition) is 5. The number of thioether (sulfide) groups is 1. The fourth-order valence-electron chi connectivity index (χ4n) is 2.33. The third-order valence-electron chi connectivity index (χ3n) is 3.81. The fraction of sp³-hybridized carbons (Fsp3) is 0.200. The lowest BCUT2D eigenvalue weighted by Crippen LogP contribution is -2.15. The molecule has 0 spiro atoms. The second-order valence-corrected chi connectivity index (χ2v) is 7.19. The maximum absolute atomic E-state index is 12.2. The van der Waals surface area contributed by atoms with E-state index < -0.39 is 17.8 Å². The molecule has 8 nitrogen and oxygen atoms in total. The molecule has 0 aliphatic rings. The number of anilines is 2. The van der Waals surface area contributed by atoms with Crippen LogP contribution in [0.5, 0.6) is 0 Å². The van der Waals surface area contributed by atoms with Gasteiger partial charge in [-0.05, 0) is 42.8 Å². The number of hydrogen-bond donors (Lipinski definition) is 4. The molecule has 0 atom stereocenters. The minimum absolute atomic E-state index is 0.0879. The van der Waals surface area contributed by atoms with Crippen LogP contribution in [0.1, 0.15) is 28.8 Å². The van der Waals surface area contributed by atoms with Gasteiger partial charge in [-0.2, -0.15) is 0 Å². The number of carboxylic acid groups (broad SMARTS) is 2. The Morgan fingerprint density at radius 1 is 0.931 bits per heavy atom. The molecule has 0 aliphatic carbocycles. The summed E-state index contributed by atoms with van der Waals surface area (Å²) in [7, 11) is 0. The predicted molar refractivity (Wildman–Crippen MR) is 109 cm³/mol. The van der Waals surface area contributed by atoms with Crippen molar-refractivity contribution < 1.29 is 29.4 Å². The standard InChI is InChI=1S/C20H20N2O6S/c1-12-5-6-13(20(27)28)9-16(12)22-18(24)11-29-15-4-2-3-14(10-15)21-17(23)7-8-19(25)26/h2-6,9-10H,7-8,11H2,1H3,(H,21,23)(H,22,24)(H,25,26)(H,27,28). The lowest BCUT2D eigenvalue weighted by molar-refractivity contribution is -0.138. The third kappa shape index (κ3) is 7.30. The van der Waals surface area contributed by atoms with Crippen LogP contribution in [-0.2, 0) is 14.4 Å². The molecule has 0 saturated carbocycles. The van der Waals surface area contributed by atoms with Gasteiger partial charge >= 0.3 is 11.9 Å². The van der Waals surface area contributed by atoms with Gasteiger partial charge in [0.1, 0.15) is 0 Å². The van der Waals surface area contributed by atoms with Crippen molar-refractivity contribution in [3.63, 3.8) is 0 Å². The van der Waals surface area contributed by atoms with E-state index in [1.54, 1.807) is 37.3 Å². The smallest absolute Gasteiger partial charge is 0.335 e. The number of aryl methyl sites for hydroxylation is 1. The molecule has 2 amide bonds. The summed E-state index contributed by atoms with van der Waals surface area (Å²) in [4.78, 5) is 46.3. The van der Waals surface area contributed by atoms with Crippen molar-refractivity contribution in [3.8, 4) is 0 Å². The quantitative estimate of drug-likeness (QED) is 0.461. The lowest BCUT2D eigenvalue weighted by atomic mass is 10.1. The zero-order chi connectivity index (χ0) is 21.4. The van der Waals surface area contributed by atoms with Gasteiger partial charge in [0, 0.05) is 22.7 Å². The van der Waals surface area contributed by atoms with Gasteiger partial charge in [0.15, 0.2) is 0 Å². The van der Waals surface area contributed by atoms with Crippen molar-refractivity contribution in [2.75, 3.05) is 16.4 Å². The van der Waals surface area contributed by atoms with Crippen LogP contribution in [-0.4, -0.2) is 39.7 Å². The SMILES string of the molecule is Cc1ccc(C(=O)O)cc1NC(=O)CSc1cccc(NC(=O)CCC(=O)O)c1. The average Bonchev–Trinajstić information content (AvgIpc) is 2.66. The Bertz CT molecular complexity index is 944. The second-order valence-electron chi connectivity index (χ2n) is 6.14. The van der Waals surface area contributed by atoms with Crippen LogP contribution in [0.2, 0.25) is 0 Å². The molecule has 152 valence electrons. The fourth-order valence-corrected chi connectivity index (χ4v) is 3.09. The first-order chi connectivity index (χ1) is 13.7. The second kappa shape index (κ2) is 10.3. The number of aliphatic carboxylic acids is 1. The van der Waals surface area contributed by atoms with E-state index in [-0.39, 0.29) is 30.1 Å². The van der Waals surface area contributed by atoms with Crippen LogP contribution in [0.4, 0.5) is 11.4 Å². The Morgan fingerprint density at radius 2 is 1.69 bits per heavy atom. The number of aromatic carboxylic acids is 1. The zero-order valence-electron chi connectivity index (χ0n) is 15.6. The third-order valence-corrected chi connectivity index (χ3v) is 4.81. The Balaban J connectivity index is 1.92. The molecule has 0 unspecified atom stereocenters. The van der Waals surface area contributed by atoms with Crippen molar-refractivity contribution in [2.45, 2.75) is 24.7 Å². The van der Waals surface area contributed by atoms with Gasteiger partial charge < -0.3 is 20.8 Å². The number of rotatable bonds is 9. The molecule has 0 aliphatic heterocycles. The monoisotopic (exact) mass is 416 g/mol. The van der Waals surface area contributed by atoms with Crippen molar-refractivity contribution in [1.82, 2.24) is 0 Å². The molecule has 2 aromatic rings. The van der Waals surface area contributed by atoms with Crippen molar-refractivity contribution in [2.24, 2.45) is 0 Å². The first kappa shape index (κ1) is 22.0. The number of carbonyl (C=O) groups excluding carboxylic acids is 2. The van der Waals surface area contributed by atoms with Gasteiger partial charge in [0.05, 0.1) is 17.7 Å². The minimum Gasteiger partial charge on any atom is -0.481 e. The van der Waals surface area contributed by atoms with Gasteiger partial charge in [-0.1, -0.05) is 12.1 Å². The highest BCUT2D eigenvalue weighted by molar-refractivity contribution is 8.00. The highest BCUT2D eigenvalue weighted by atomic mass is 32.2.